The Morgan fingerprint density at radius 3 is 2.67 bits per heavy atom. The van der Waals surface area contributed by atoms with Crippen molar-refractivity contribution in [2.45, 2.75) is 51.4 Å². The van der Waals surface area contributed by atoms with E-state index in [1.807, 2.05) is 26.0 Å². The molecule has 0 unspecified atom stereocenters. The molecule has 2 aliphatic carbocycles. The highest BCUT2D eigenvalue weighted by atomic mass is 35.5. The lowest BCUT2D eigenvalue weighted by Gasteiger charge is -2.44. The molecular formula is C34H41ClN2O5S. The summed E-state index contributed by atoms with van der Waals surface area (Å²) in [5.41, 5.74) is 3.11. The minimum Gasteiger partial charge on any atom is -0.490 e. The van der Waals surface area contributed by atoms with Gasteiger partial charge in [-0.05, 0) is 97.4 Å². The Morgan fingerprint density at radius 2 is 1.98 bits per heavy atom. The summed E-state index contributed by atoms with van der Waals surface area (Å²) in [4.78, 5) is 28.1. The van der Waals surface area contributed by atoms with Crippen LogP contribution in [0.15, 0.2) is 61.7 Å². The second-order valence-corrected chi connectivity index (χ2v) is 14.8. The summed E-state index contributed by atoms with van der Waals surface area (Å²) in [7, 11) is -3.87. The molecule has 5 rings (SSSR count). The zero-order valence-corrected chi connectivity index (χ0v) is 26.6. The molecule has 1 amide bonds. The average molecular weight is 625 g/mol. The largest absolute Gasteiger partial charge is 0.490 e. The van der Waals surface area contributed by atoms with Crippen molar-refractivity contribution in [1.29, 1.82) is 0 Å². The van der Waals surface area contributed by atoms with Gasteiger partial charge in [0, 0.05) is 35.0 Å². The van der Waals surface area contributed by atoms with Gasteiger partial charge in [0.1, 0.15) is 5.75 Å². The van der Waals surface area contributed by atoms with E-state index in [1.165, 1.54) is 17.2 Å². The summed E-state index contributed by atoms with van der Waals surface area (Å²) in [6, 6.07) is 11.2. The van der Waals surface area contributed by atoms with Gasteiger partial charge in [-0.25, -0.2) is 13.1 Å². The lowest BCUT2D eigenvalue weighted by Crippen LogP contribution is -2.49. The first-order chi connectivity index (χ1) is 20.4. The lowest BCUT2D eigenvalue weighted by molar-refractivity contribution is -0.122. The number of hydrogen-bond donors (Lipinski definition) is 1. The fraction of sp³-hybridized carbons (Fsp3) is 0.471. The zero-order valence-electron chi connectivity index (χ0n) is 25.0. The molecule has 0 bridgehead atoms. The number of benzene rings is 2. The number of aryl methyl sites for hydroxylation is 1. The molecule has 1 heterocycles. The zero-order chi connectivity index (χ0) is 30.9. The van der Waals surface area contributed by atoms with Crippen molar-refractivity contribution < 1.29 is 22.7 Å². The highest BCUT2D eigenvalue weighted by Gasteiger charge is 2.44. The number of carbonyl (C=O) groups excluding carboxylic acids is 2. The van der Waals surface area contributed by atoms with E-state index in [9.17, 15) is 18.0 Å². The summed E-state index contributed by atoms with van der Waals surface area (Å²) in [5.74, 6) is -0.300. The van der Waals surface area contributed by atoms with Gasteiger partial charge in [0.15, 0.2) is 5.78 Å². The maximum atomic E-state index is 13.3. The molecule has 5 atom stereocenters. The molecule has 0 saturated heterocycles. The van der Waals surface area contributed by atoms with E-state index >= 15 is 0 Å². The number of halogens is 1. The first-order valence-electron chi connectivity index (χ1n) is 15.1. The Morgan fingerprint density at radius 1 is 1.19 bits per heavy atom. The van der Waals surface area contributed by atoms with Crippen LogP contribution in [0.2, 0.25) is 5.02 Å². The smallest absolute Gasteiger partial charge is 0.264 e. The summed E-state index contributed by atoms with van der Waals surface area (Å²) in [5, 5.41) is 0.713. The molecule has 0 aromatic heterocycles. The maximum Gasteiger partial charge on any atom is 0.264 e. The van der Waals surface area contributed by atoms with Gasteiger partial charge in [0.25, 0.3) is 5.91 Å². The predicted molar refractivity (Wildman–Crippen MR) is 171 cm³/mol. The minimum absolute atomic E-state index is 0.0126. The molecule has 1 fully saturated rings. The van der Waals surface area contributed by atoms with Crippen molar-refractivity contribution in [3.05, 3.63) is 83.4 Å². The van der Waals surface area contributed by atoms with Crippen molar-refractivity contribution in [3.8, 4) is 5.75 Å². The third-order valence-electron chi connectivity index (χ3n) is 9.74. The summed E-state index contributed by atoms with van der Waals surface area (Å²) < 4.78 is 34.5. The third-order valence-corrected chi connectivity index (χ3v) is 11.4. The average Bonchev–Trinajstić information content (AvgIpc) is 3.11. The van der Waals surface area contributed by atoms with Crippen LogP contribution in [-0.4, -0.2) is 45.6 Å². The second kappa shape index (κ2) is 12.5. The molecule has 1 aliphatic heterocycles. The van der Waals surface area contributed by atoms with Gasteiger partial charge < -0.3 is 9.64 Å². The Labute approximate surface area is 260 Å². The fourth-order valence-corrected chi connectivity index (χ4v) is 8.50. The van der Waals surface area contributed by atoms with E-state index in [1.54, 1.807) is 24.3 Å². The van der Waals surface area contributed by atoms with Gasteiger partial charge >= 0.3 is 0 Å². The van der Waals surface area contributed by atoms with Crippen molar-refractivity contribution in [1.82, 2.24) is 4.72 Å². The quantitative estimate of drug-likeness (QED) is 0.253. The Balaban J connectivity index is 1.47. The van der Waals surface area contributed by atoms with Crippen LogP contribution in [0.25, 0.3) is 0 Å². The minimum atomic E-state index is -3.87. The number of ketones is 1. The fourth-order valence-electron chi connectivity index (χ4n) is 6.82. The predicted octanol–water partition coefficient (Wildman–Crippen LogP) is 6.11. The van der Waals surface area contributed by atoms with Gasteiger partial charge in [-0.3, -0.25) is 9.59 Å². The number of ether oxygens (including phenoxy) is 1. The number of allylic oxidation sites excluding steroid dienone is 2. The first-order valence-corrected chi connectivity index (χ1v) is 17.1. The van der Waals surface area contributed by atoms with Gasteiger partial charge in [0.05, 0.1) is 18.0 Å². The molecule has 2 aromatic carbocycles. The SMILES string of the molecule is C=CC(=O)[C@@H]1CC[C@H]1CN1C[C@@]2(CCCc3cc(Cl)ccc32)COc2ccc(C(=O)NS(=O)(=O)C[C@@H](C)[C@@H](C)C=C)cc21. The molecule has 7 nitrogen and oxygen atoms in total. The van der Waals surface area contributed by atoms with Crippen molar-refractivity contribution in [2.75, 3.05) is 30.3 Å². The van der Waals surface area contributed by atoms with Crippen LogP contribution in [-0.2, 0) is 26.7 Å². The summed E-state index contributed by atoms with van der Waals surface area (Å²) >= 11 is 6.37. The van der Waals surface area contributed by atoms with Crippen molar-refractivity contribution >= 4 is 39.0 Å². The number of rotatable bonds is 10. The monoisotopic (exact) mass is 624 g/mol. The highest BCUT2D eigenvalue weighted by Crippen LogP contribution is 2.46. The molecule has 2 aromatic rings. The number of nitrogens with zero attached hydrogens (tertiary/aromatic N) is 1. The molecule has 1 spiro atoms. The third kappa shape index (κ3) is 6.55. The van der Waals surface area contributed by atoms with Crippen LogP contribution in [0.4, 0.5) is 5.69 Å². The van der Waals surface area contributed by atoms with E-state index in [-0.39, 0.29) is 46.2 Å². The normalized spacial score (nSPS) is 24.3. The standard InChI is InChI=1S/C34H41ClN2O5S/c1-5-22(3)23(4)19-43(40,41)36-33(39)25-10-14-32-30(17-25)37(18-26-9-12-28(26)31(38)6-2)20-34(21-42-32)15-7-8-24-16-27(35)11-13-29(24)34/h5-6,10-11,13-14,16-17,22-23,26,28H,1-2,7-9,12,15,18-21H2,3-4H3,(H,36,39)/t22-,23+,26-,28+,34-/m0/s1. The first kappa shape index (κ1) is 31.3. The maximum absolute atomic E-state index is 13.3. The van der Waals surface area contributed by atoms with E-state index in [0.717, 1.165) is 37.8 Å². The Hall–Kier alpha value is -3.10. The summed E-state index contributed by atoms with van der Waals surface area (Å²) in [6.45, 7) is 12.9. The Bertz CT molecular complexity index is 1540. The molecular weight excluding hydrogens is 584 g/mol. The van der Waals surface area contributed by atoms with Crippen LogP contribution in [0.3, 0.4) is 0 Å². The highest BCUT2D eigenvalue weighted by molar-refractivity contribution is 7.90. The molecule has 1 saturated carbocycles. The van der Waals surface area contributed by atoms with Crippen LogP contribution in [0.5, 0.6) is 5.75 Å². The van der Waals surface area contributed by atoms with Crippen LogP contribution in [0.1, 0.15) is 61.0 Å². The number of sulfonamides is 1. The number of hydrogen-bond acceptors (Lipinski definition) is 6. The molecule has 3 aliphatic rings. The number of fused-ring (bicyclic) bond motifs is 3. The second-order valence-electron chi connectivity index (χ2n) is 12.6. The number of anilines is 1. The number of carbonyl (C=O) groups is 2. The number of nitrogens with one attached hydrogen (secondary N) is 1. The van der Waals surface area contributed by atoms with E-state index in [4.69, 9.17) is 16.3 Å². The lowest BCUT2D eigenvalue weighted by atomic mass is 9.69. The van der Waals surface area contributed by atoms with E-state index in [2.05, 4.69) is 28.8 Å². The van der Waals surface area contributed by atoms with Crippen LogP contribution in [0, 0.1) is 23.7 Å². The molecule has 230 valence electrons. The Kier molecular flexibility index (Phi) is 9.10. The van der Waals surface area contributed by atoms with E-state index in [0.29, 0.717) is 30.5 Å². The van der Waals surface area contributed by atoms with Crippen molar-refractivity contribution in [3.63, 3.8) is 0 Å². The molecule has 0 radical (unpaired) electrons. The van der Waals surface area contributed by atoms with Crippen LogP contribution >= 0.6 is 11.6 Å². The molecule has 9 heteroatoms. The van der Waals surface area contributed by atoms with Gasteiger partial charge in [-0.2, -0.15) is 0 Å². The topological polar surface area (TPSA) is 92.8 Å². The van der Waals surface area contributed by atoms with Gasteiger partial charge in [0.2, 0.25) is 10.0 Å². The van der Waals surface area contributed by atoms with Crippen molar-refractivity contribution in [2.24, 2.45) is 23.7 Å². The molecule has 1 N–H and O–H groups in total. The summed E-state index contributed by atoms with van der Waals surface area (Å²) in [6.07, 6.45) is 7.77. The van der Waals surface area contributed by atoms with E-state index < -0.39 is 15.9 Å². The molecule has 43 heavy (non-hydrogen) atoms. The number of amides is 1. The van der Waals surface area contributed by atoms with Crippen LogP contribution < -0.4 is 14.4 Å². The van der Waals surface area contributed by atoms with Gasteiger partial charge in [-0.1, -0.05) is 44.2 Å². The van der Waals surface area contributed by atoms with Gasteiger partial charge in [-0.15, -0.1) is 6.58 Å².